The molecule has 2 aromatic rings. The van der Waals surface area contributed by atoms with Crippen LogP contribution in [0.5, 0.6) is 0 Å². The van der Waals surface area contributed by atoms with E-state index in [1.165, 1.54) is 28.1 Å². The van der Waals surface area contributed by atoms with Gasteiger partial charge in [0, 0.05) is 45.5 Å². The van der Waals surface area contributed by atoms with Crippen molar-refractivity contribution < 1.29 is 0 Å². The van der Waals surface area contributed by atoms with E-state index >= 15 is 0 Å². The van der Waals surface area contributed by atoms with Crippen LogP contribution in [0.1, 0.15) is 41.9 Å². The standard InChI is InChI=1S/C20H31N5/c1-7-18-17(19(8-2)25(6)23-18)13-22-20(21-4)24(5)14-16-12-10-9-11-15(16)3/h9-12H,7-8,13-14H2,1-6H3,(H,21,22). The third-order valence-corrected chi connectivity index (χ3v) is 4.69. The molecule has 0 radical (unpaired) electrons. The van der Waals surface area contributed by atoms with E-state index < -0.39 is 0 Å². The van der Waals surface area contributed by atoms with Crippen molar-refractivity contribution in [3.63, 3.8) is 0 Å². The highest BCUT2D eigenvalue weighted by atomic mass is 15.3. The van der Waals surface area contributed by atoms with Gasteiger partial charge < -0.3 is 10.2 Å². The van der Waals surface area contributed by atoms with E-state index in [2.05, 4.69) is 72.4 Å². The van der Waals surface area contributed by atoms with Crippen molar-refractivity contribution in [2.24, 2.45) is 12.0 Å². The van der Waals surface area contributed by atoms with E-state index in [9.17, 15) is 0 Å². The first-order chi connectivity index (χ1) is 12.0. The van der Waals surface area contributed by atoms with Gasteiger partial charge in [0.2, 0.25) is 0 Å². The predicted molar refractivity (Wildman–Crippen MR) is 105 cm³/mol. The minimum absolute atomic E-state index is 0.755. The molecule has 0 aliphatic carbocycles. The van der Waals surface area contributed by atoms with Gasteiger partial charge in [-0.15, -0.1) is 0 Å². The molecule has 1 N–H and O–H groups in total. The summed E-state index contributed by atoms with van der Waals surface area (Å²) in [7, 11) is 5.94. The third-order valence-electron chi connectivity index (χ3n) is 4.69. The quantitative estimate of drug-likeness (QED) is 0.649. The van der Waals surface area contributed by atoms with E-state index in [0.29, 0.717) is 0 Å². The highest BCUT2D eigenvalue weighted by molar-refractivity contribution is 5.79. The molecule has 0 bridgehead atoms. The van der Waals surface area contributed by atoms with Crippen LogP contribution in [0.25, 0.3) is 0 Å². The largest absolute Gasteiger partial charge is 0.352 e. The minimum Gasteiger partial charge on any atom is -0.352 e. The number of hydrogen-bond acceptors (Lipinski definition) is 2. The Hall–Kier alpha value is -2.30. The molecule has 5 nitrogen and oxygen atoms in total. The van der Waals surface area contributed by atoms with Gasteiger partial charge in [-0.2, -0.15) is 5.10 Å². The Labute approximate surface area is 151 Å². The Morgan fingerprint density at radius 1 is 1.24 bits per heavy atom. The van der Waals surface area contributed by atoms with Gasteiger partial charge in [0.15, 0.2) is 5.96 Å². The Bertz CT molecular complexity index is 730. The normalized spacial score (nSPS) is 11.7. The third kappa shape index (κ3) is 4.41. The summed E-state index contributed by atoms with van der Waals surface area (Å²) in [6.07, 6.45) is 1.93. The van der Waals surface area contributed by atoms with Crippen LogP contribution in [0.4, 0.5) is 0 Å². The second kappa shape index (κ2) is 8.70. The van der Waals surface area contributed by atoms with E-state index in [1.807, 2.05) is 18.8 Å². The summed E-state index contributed by atoms with van der Waals surface area (Å²) in [5.41, 5.74) is 6.39. The fraction of sp³-hybridized carbons (Fsp3) is 0.500. The molecule has 1 aromatic carbocycles. The fourth-order valence-corrected chi connectivity index (χ4v) is 3.26. The maximum Gasteiger partial charge on any atom is 0.193 e. The molecule has 2 rings (SSSR count). The first-order valence-electron chi connectivity index (χ1n) is 9.01. The van der Waals surface area contributed by atoms with Gasteiger partial charge in [-0.1, -0.05) is 38.1 Å². The Morgan fingerprint density at radius 2 is 1.96 bits per heavy atom. The molecule has 1 aromatic heterocycles. The van der Waals surface area contributed by atoms with Crippen molar-refractivity contribution >= 4 is 5.96 Å². The van der Waals surface area contributed by atoms with Crippen LogP contribution in [-0.2, 0) is 33.0 Å². The van der Waals surface area contributed by atoms with Crippen molar-refractivity contribution in [1.82, 2.24) is 20.0 Å². The van der Waals surface area contributed by atoms with Crippen LogP contribution < -0.4 is 5.32 Å². The minimum atomic E-state index is 0.755. The lowest BCUT2D eigenvalue weighted by molar-refractivity contribution is 0.475. The summed E-state index contributed by atoms with van der Waals surface area (Å²) in [5.74, 6) is 0.899. The average Bonchev–Trinajstić information content (AvgIpc) is 2.92. The lowest BCUT2D eigenvalue weighted by Gasteiger charge is -2.23. The summed E-state index contributed by atoms with van der Waals surface area (Å²) in [4.78, 5) is 6.61. The van der Waals surface area contributed by atoms with Crippen LogP contribution in [0.15, 0.2) is 29.3 Å². The zero-order valence-electron chi connectivity index (χ0n) is 16.4. The van der Waals surface area contributed by atoms with Gasteiger partial charge in [0.1, 0.15) is 0 Å². The monoisotopic (exact) mass is 341 g/mol. The van der Waals surface area contributed by atoms with E-state index in [4.69, 9.17) is 0 Å². The molecule has 0 amide bonds. The highest BCUT2D eigenvalue weighted by Crippen LogP contribution is 2.15. The molecule has 1 heterocycles. The fourth-order valence-electron chi connectivity index (χ4n) is 3.26. The van der Waals surface area contributed by atoms with Gasteiger partial charge >= 0.3 is 0 Å². The number of nitrogens with one attached hydrogen (secondary N) is 1. The molecule has 25 heavy (non-hydrogen) atoms. The van der Waals surface area contributed by atoms with Crippen molar-refractivity contribution in [2.75, 3.05) is 14.1 Å². The van der Waals surface area contributed by atoms with E-state index in [-0.39, 0.29) is 0 Å². The van der Waals surface area contributed by atoms with Gasteiger partial charge in [0.25, 0.3) is 0 Å². The Balaban J connectivity index is 2.09. The smallest absolute Gasteiger partial charge is 0.193 e. The van der Waals surface area contributed by atoms with Crippen LogP contribution >= 0.6 is 0 Å². The maximum atomic E-state index is 4.65. The molecular weight excluding hydrogens is 310 g/mol. The lowest BCUT2D eigenvalue weighted by atomic mass is 10.1. The number of hydrogen-bond donors (Lipinski definition) is 1. The molecule has 5 heteroatoms. The summed E-state index contributed by atoms with van der Waals surface area (Å²) in [5, 5.41) is 8.16. The molecule has 0 fully saturated rings. The van der Waals surface area contributed by atoms with E-state index in [1.54, 1.807) is 0 Å². The zero-order chi connectivity index (χ0) is 18.4. The zero-order valence-corrected chi connectivity index (χ0v) is 16.4. The van der Waals surface area contributed by atoms with Crippen LogP contribution in [0.3, 0.4) is 0 Å². The molecule has 0 spiro atoms. The van der Waals surface area contributed by atoms with Gasteiger partial charge in [-0.05, 0) is 30.9 Å². The summed E-state index contributed by atoms with van der Waals surface area (Å²) in [6.45, 7) is 8.07. The van der Waals surface area contributed by atoms with Crippen LogP contribution in [-0.4, -0.2) is 34.7 Å². The lowest BCUT2D eigenvalue weighted by Crippen LogP contribution is -2.38. The topological polar surface area (TPSA) is 45.5 Å². The number of guanidine groups is 1. The molecule has 0 aliphatic rings. The van der Waals surface area contributed by atoms with Crippen molar-refractivity contribution in [3.8, 4) is 0 Å². The summed E-state index contributed by atoms with van der Waals surface area (Å²) in [6, 6.07) is 8.48. The number of rotatable bonds is 6. The average molecular weight is 342 g/mol. The number of aromatic nitrogens is 2. The van der Waals surface area contributed by atoms with Gasteiger partial charge in [-0.25, -0.2) is 0 Å². The van der Waals surface area contributed by atoms with Crippen molar-refractivity contribution in [3.05, 3.63) is 52.3 Å². The van der Waals surface area contributed by atoms with Crippen molar-refractivity contribution in [2.45, 2.75) is 46.7 Å². The summed E-state index contributed by atoms with van der Waals surface area (Å²) >= 11 is 0. The van der Waals surface area contributed by atoms with Crippen LogP contribution in [0, 0.1) is 6.92 Å². The maximum absolute atomic E-state index is 4.65. The summed E-state index contributed by atoms with van der Waals surface area (Å²) < 4.78 is 2.01. The number of aliphatic imine (C=N–C) groups is 1. The molecule has 0 unspecified atom stereocenters. The Morgan fingerprint density at radius 3 is 2.56 bits per heavy atom. The first kappa shape index (κ1) is 19.0. The predicted octanol–water partition coefficient (Wildman–Crippen LogP) is 3.06. The van der Waals surface area contributed by atoms with Crippen molar-refractivity contribution in [1.29, 1.82) is 0 Å². The molecule has 0 aliphatic heterocycles. The molecule has 0 saturated heterocycles. The highest BCUT2D eigenvalue weighted by Gasteiger charge is 2.15. The first-order valence-corrected chi connectivity index (χ1v) is 9.01. The SMILES string of the molecule is CCc1nn(C)c(CC)c1CNC(=NC)N(C)Cc1ccccc1C. The number of benzene rings is 1. The second-order valence-electron chi connectivity index (χ2n) is 6.39. The number of nitrogens with zero attached hydrogens (tertiary/aromatic N) is 4. The molecule has 0 saturated carbocycles. The van der Waals surface area contributed by atoms with E-state index in [0.717, 1.165) is 31.9 Å². The van der Waals surface area contributed by atoms with Gasteiger partial charge in [-0.3, -0.25) is 9.67 Å². The molecular formula is C20H31N5. The molecule has 0 atom stereocenters. The number of aryl methyl sites for hydroxylation is 3. The van der Waals surface area contributed by atoms with Crippen LogP contribution in [0.2, 0.25) is 0 Å². The molecule has 136 valence electrons. The van der Waals surface area contributed by atoms with Gasteiger partial charge in [0.05, 0.1) is 5.69 Å². The second-order valence-corrected chi connectivity index (χ2v) is 6.39. The Kier molecular flexibility index (Phi) is 6.62.